The molecule has 0 atom stereocenters. The lowest BCUT2D eigenvalue weighted by Gasteiger charge is -2.08. The van der Waals surface area contributed by atoms with Gasteiger partial charge in [0, 0.05) is 21.2 Å². The van der Waals surface area contributed by atoms with Gasteiger partial charge in [-0.05, 0) is 30.3 Å². The monoisotopic (exact) mass is 343 g/mol. The van der Waals surface area contributed by atoms with Crippen LogP contribution in [0.5, 0.6) is 5.75 Å². The van der Waals surface area contributed by atoms with E-state index >= 15 is 0 Å². The highest BCUT2D eigenvalue weighted by molar-refractivity contribution is 9.10. The van der Waals surface area contributed by atoms with Crippen LogP contribution < -0.4 is 0 Å². The van der Waals surface area contributed by atoms with Crippen LogP contribution >= 0.6 is 15.9 Å². The molecule has 0 aliphatic rings. The summed E-state index contributed by atoms with van der Waals surface area (Å²) >= 11 is 3.32. The Labute approximate surface area is 130 Å². The van der Waals surface area contributed by atoms with Crippen molar-refractivity contribution >= 4 is 15.9 Å². The average Bonchev–Trinajstić information content (AvgIpc) is 2.51. The number of nitrogens with zero attached hydrogens (tertiary/aromatic N) is 1. The largest absolute Gasteiger partial charge is 0.507 e. The molecular formula is C17H11BrFNO. The summed E-state index contributed by atoms with van der Waals surface area (Å²) in [5.74, 6) is -0.587. The number of benzene rings is 2. The van der Waals surface area contributed by atoms with Crippen molar-refractivity contribution < 1.29 is 9.50 Å². The van der Waals surface area contributed by atoms with Crippen molar-refractivity contribution in [2.45, 2.75) is 0 Å². The number of phenols is 1. The van der Waals surface area contributed by atoms with E-state index in [2.05, 4.69) is 20.9 Å². The molecule has 0 aliphatic carbocycles. The maximum Gasteiger partial charge on any atom is 0.221 e. The Hall–Kier alpha value is -2.20. The standard InChI is InChI=1S/C17H11BrFNO/c18-12-6-9-16(21)14(10-12)13-7-8-15(20-17(13)19)11-4-2-1-3-5-11/h1-10,21H. The molecule has 0 aliphatic heterocycles. The average molecular weight is 344 g/mol. The summed E-state index contributed by atoms with van der Waals surface area (Å²) in [4.78, 5) is 4.00. The van der Waals surface area contributed by atoms with E-state index in [0.717, 1.165) is 10.0 Å². The van der Waals surface area contributed by atoms with Crippen molar-refractivity contribution in [3.05, 3.63) is 71.1 Å². The minimum atomic E-state index is -0.607. The molecule has 0 saturated heterocycles. The zero-order valence-corrected chi connectivity index (χ0v) is 12.5. The Bertz CT molecular complexity index is 790. The Balaban J connectivity index is 2.08. The van der Waals surface area contributed by atoms with Crippen molar-refractivity contribution in [3.8, 4) is 28.1 Å². The summed E-state index contributed by atoms with van der Waals surface area (Å²) in [5, 5.41) is 9.88. The van der Waals surface area contributed by atoms with Crippen molar-refractivity contribution in [2.24, 2.45) is 0 Å². The Morgan fingerprint density at radius 3 is 2.38 bits per heavy atom. The molecule has 1 heterocycles. The molecule has 4 heteroatoms. The van der Waals surface area contributed by atoms with Gasteiger partial charge in [-0.25, -0.2) is 4.98 Å². The van der Waals surface area contributed by atoms with Crippen LogP contribution in [0.2, 0.25) is 0 Å². The predicted octanol–water partition coefficient (Wildman–Crippen LogP) is 5.02. The molecule has 2 aromatic carbocycles. The summed E-state index contributed by atoms with van der Waals surface area (Å²) in [5.41, 5.74) is 2.09. The van der Waals surface area contributed by atoms with E-state index < -0.39 is 5.95 Å². The van der Waals surface area contributed by atoms with Gasteiger partial charge in [-0.15, -0.1) is 0 Å². The second kappa shape index (κ2) is 5.66. The lowest BCUT2D eigenvalue weighted by Crippen LogP contribution is -1.92. The number of hydrogen-bond acceptors (Lipinski definition) is 2. The van der Waals surface area contributed by atoms with Crippen LogP contribution in [0, 0.1) is 5.95 Å². The number of hydrogen-bond donors (Lipinski definition) is 1. The number of aromatic hydroxyl groups is 1. The molecule has 0 amide bonds. The maximum absolute atomic E-state index is 14.3. The zero-order valence-electron chi connectivity index (χ0n) is 10.9. The molecule has 21 heavy (non-hydrogen) atoms. The molecule has 0 saturated carbocycles. The molecule has 1 N–H and O–H groups in total. The van der Waals surface area contributed by atoms with Gasteiger partial charge in [-0.2, -0.15) is 4.39 Å². The smallest absolute Gasteiger partial charge is 0.221 e. The molecule has 3 rings (SSSR count). The van der Waals surface area contributed by atoms with Crippen LogP contribution in [-0.4, -0.2) is 10.1 Å². The van der Waals surface area contributed by atoms with E-state index in [1.807, 2.05) is 30.3 Å². The Morgan fingerprint density at radius 1 is 0.905 bits per heavy atom. The quantitative estimate of drug-likeness (QED) is 0.662. The number of halogens is 2. The van der Waals surface area contributed by atoms with Crippen LogP contribution in [0.3, 0.4) is 0 Å². The molecule has 104 valence electrons. The first-order chi connectivity index (χ1) is 10.1. The second-order valence-corrected chi connectivity index (χ2v) is 5.48. The van der Waals surface area contributed by atoms with Gasteiger partial charge in [0.25, 0.3) is 0 Å². The number of pyridine rings is 1. The molecule has 0 bridgehead atoms. The topological polar surface area (TPSA) is 33.1 Å². The van der Waals surface area contributed by atoms with Gasteiger partial charge in [0.05, 0.1) is 5.69 Å². The fourth-order valence-corrected chi connectivity index (χ4v) is 2.49. The molecule has 2 nitrogen and oxygen atoms in total. The van der Waals surface area contributed by atoms with Crippen molar-refractivity contribution in [1.82, 2.24) is 4.98 Å². The van der Waals surface area contributed by atoms with Gasteiger partial charge in [-0.3, -0.25) is 0 Å². The third kappa shape index (κ3) is 2.81. The number of phenolic OH excluding ortho intramolecular Hbond substituents is 1. The molecule has 0 unspecified atom stereocenters. The first-order valence-corrected chi connectivity index (χ1v) is 7.15. The Morgan fingerprint density at radius 2 is 1.67 bits per heavy atom. The van der Waals surface area contributed by atoms with E-state index in [-0.39, 0.29) is 11.3 Å². The summed E-state index contributed by atoms with van der Waals surface area (Å²) in [6.07, 6.45) is 0. The highest BCUT2D eigenvalue weighted by atomic mass is 79.9. The molecule has 3 aromatic rings. The summed E-state index contributed by atoms with van der Waals surface area (Å²) in [6, 6.07) is 17.7. The normalized spacial score (nSPS) is 10.6. The van der Waals surface area contributed by atoms with Gasteiger partial charge in [0.2, 0.25) is 5.95 Å². The molecule has 0 fully saturated rings. The van der Waals surface area contributed by atoms with E-state index in [9.17, 15) is 9.50 Å². The summed E-state index contributed by atoms with van der Waals surface area (Å²) < 4.78 is 15.1. The van der Waals surface area contributed by atoms with E-state index in [4.69, 9.17) is 0 Å². The number of aromatic nitrogens is 1. The SMILES string of the molecule is Oc1ccc(Br)cc1-c1ccc(-c2ccccc2)nc1F. The zero-order chi connectivity index (χ0) is 14.8. The van der Waals surface area contributed by atoms with Gasteiger partial charge < -0.3 is 5.11 Å². The number of rotatable bonds is 2. The van der Waals surface area contributed by atoms with Crippen LogP contribution in [0.1, 0.15) is 0 Å². The molecule has 0 radical (unpaired) electrons. The van der Waals surface area contributed by atoms with E-state index in [1.54, 1.807) is 24.3 Å². The van der Waals surface area contributed by atoms with Crippen LogP contribution in [0.4, 0.5) is 4.39 Å². The lowest BCUT2D eigenvalue weighted by molar-refractivity contribution is 0.476. The van der Waals surface area contributed by atoms with Crippen LogP contribution in [0.15, 0.2) is 65.1 Å². The molecule has 0 spiro atoms. The van der Waals surface area contributed by atoms with E-state index in [1.165, 1.54) is 6.07 Å². The molecule has 1 aromatic heterocycles. The van der Waals surface area contributed by atoms with Gasteiger partial charge in [-0.1, -0.05) is 46.3 Å². The van der Waals surface area contributed by atoms with Crippen molar-refractivity contribution in [2.75, 3.05) is 0 Å². The van der Waals surface area contributed by atoms with Crippen LogP contribution in [0.25, 0.3) is 22.4 Å². The van der Waals surface area contributed by atoms with Gasteiger partial charge in [0.15, 0.2) is 0 Å². The minimum absolute atomic E-state index is 0.0198. The third-order valence-corrected chi connectivity index (χ3v) is 3.66. The lowest BCUT2D eigenvalue weighted by atomic mass is 10.0. The third-order valence-electron chi connectivity index (χ3n) is 3.17. The minimum Gasteiger partial charge on any atom is -0.507 e. The maximum atomic E-state index is 14.3. The highest BCUT2D eigenvalue weighted by Crippen LogP contribution is 2.33. The fraction of sp³-hybridized carbons (Fsp3) is 0. The van der Waals surface area contributed by atoms with Crippen LogP contribution in [-0.2, 0) is 0 Å². The summed E-state index contributed by atoms with van der Waals surface area (Å²) in [7, 11) is 0. The van der Waals surface area contributed by atoms with Gasteiger partial charge >= 0.3 is 0 Å². The van der Waals surface area contributed by atoms with E-state index in [0.29, 0.717) is 11.3 Å². The van der Waals surface area contributed by atoms with Gasteiger partial charge in [0.1, 0.15) is 5.75 Å². The molecular weight excluding hydrogens is 333 g/mol. The second-order valence-electron chi connectivity index (χ2n) is 4.56. The Kier molecular flexibility index (Phi) is 3.71. The van der Waals surface area contributed by atoms with Crippen molar-refractivity contribution in [1.29, 1.82) is 0 Å². The first-order valence-electron chi connectivity index (χ1n) is 6.36. The summed E-state index contributed by atoms with van der Waals surface area (Å²) in [6.45, 7) is 0. The highest BCUT2D eigenvalue weighted by Gasteiger charge is 2.12. The first kappa shape index (κ1) is 13.8. The fourth-order valence-electron chi connectivity index (χ4n) is 2.13. The van der Waals surface area contributed by atoms with Crippen molar-refractivity contribution in [3.63, 3.8) is 0 Å². The predicted molar refractivity (Wildman–Crippen MR) is 84.4 cm³/mol.